The van der Waals surface area contributed by atoms with Crippen molar-refractivity contribution in [3.8, 4) is 11.8 Å². The number of amides is 4. The van der Waals surface area contributed by atoms with Gasteiger partial charge in [-0.2, -0.15) is 18.4 Å². The Labute approximate surface area is 225 Å². The molecule has 1 aromatic carbocycles. The largest absolute Gasteiger partial charge is 0.473 e. The molecule has 0 unspecified atom stereocenters. The average molecular weight is 572 g/mol. The summed E-state index contributed by atoms with van der Waals surface area (Å²) in [7, 11) is 1.20. The number of anilines is 1. The Morgan fingerprint density at radius 2 is 1.93 bits per heavy atom. The molecule has 1 saturated carbocycles. The normalized spacial score (nSPS) is 23.0. The summed E-state index contributed by atoms with van der Waals surface area (Å²) in [6.07, 6.45) is -3.98. The minimum Gasteiger partial charge on any atom is -0.473 e. The molecule has 15 heteroatoms. The third-order valence-electron chi connectivity index (χ3n) is 7.28. The molecular formula is C25H26F5N5O5. The number of fused-ring (bicyclic) bond motifs is 1. The number of nitriles is 1. The van der Waals surface area contributed by atoms with E-state index in [2.05, 4.69) is 5.32 Å². The number of nitrogens with zero attached hydrogens (tertiary/aromatic N) is 3. The summed E-state index contributed by atoms with van der Waals surface area (Å²) in [4.78, 5) is 53.5. The molecule has 216 valence electrons. The van der Waals surface area contributed by atoms with Gasteiger partial charge in [0.1, 0.15) is 29.1 Å². The van der Waals surface area contributed by atoms with Crippen molar-refractivity contribution in [3.05, 3.63) is 23.8 Å². The van der Waals surface area contributed by atoms with Crippen LogP contribution in [0.5, 0.6) is 5.75 Å². The van der Waals surface area contributed by atoms with Gasteiger partial charge in [0.15, 0.2) is 11.6 Å². The fourth-order valence-corrected chi connectivity index (χ4v) is 4.97. The molecule has 3 aliphatic rings. The van der Waals surface area contributed by atoms with Gasteiger partial charge < -0.3 is 25.2 Å². The summed E-state index contributed by atoms with van der Waals surface area (Å²) in [6, 6.07) is 0.832. The Bertz CT molecular complexity index is 1310. The van der Waals surface area contributed by atoms with Crippen LogP contribution in [0.1, 0.15) is 39.5 Å². The van der Waals surface area contributed by atoms with Gasteiger partial charge in [-0.25, -0.2) is 8.78 Å². The standard InChI is InChI=1S/C25H26F5N5O5/c1-23(2,33-21(38)25(28,29)30)22(39)34(3)16(6-12-4-5-12)19(36)35-11-24(9-14(35)10-31)20(37)32-18-15(27)7-13(26)8-17(18)40-24/h7-8,12,14,16H,4-6,9,11H2,1-3H3,(H,32,37)(H,33,38)/t14-,16-,24+/m0/s1. The first kappa shape index (κ1) is 29.0. The second-order valence-corrected chi connectivity index (χ2v) is 10.8. The zero-order chi connectivity index (χ0) is 29.8. The van der Waals surface area contributed by atoms with Crippen LogP contribution in [-0.4, -0.2) is 76.4 Å². The Kier molecular flexibility index (Phi) is 7.19. The van der Waals surface area contributed by atoms with Crippen molar-refractivity contribution in [2.75, 3.05) is 18.9 Å². The highest BCUT2D eigenvalue weighted by molar-refractivity contribution is 6.02. The van der Waals surface area contributed by atoms with Crippen molar-refractivity contribution in [2.24, 2.45) is 5.92 Å². The van der Waals surface area contributed by atoms with Crippen LogP contribution in [0.15, 0.2) is 12.1 Å². The summed E-state index contributed by atoms with van der Waals surface area (Å²) in [5, 5.41) is 13.8. The average Bonchev–Trinajstić information content (AvgIpc) is 3.60. The maximum absolute atomic E-state index is 14.2. The number of benzene rings is 1. The highest BCUT2D eigenvalue weighted by atomic mass is 19.4. The SMILES string of the molecule is CN(C(=O)C(C)(C)NC(=O)C(F)(F)F)[C@@H](CC1CC1)C(=O)N1C[C@@]2(C[C@H]1C#N)Oc1cc(F)cc(F)c1NC2=O. The Morgan fingerprint density at radius 1 is 1.27 bits per heavy atom. The fourth-order valence-electron chi connectivity index (χ4n) is 4.97. The molecule has 3 atom stereocenters. The molecule has 10 nitrogen and oxygen atoms in total. The monoisotopic (exact) mass is 571 g/mol. The first-order valence-electron chi connectivity index (χ1n) is 12.4. The maximum atomic E-state index is 14.2. The molecule has 4 rings (SSSR count). The van der Waals surface area contributed by atoms with Gasteiger partial charge in [-0.15, -0.1) is 0 Å². The van der Waals surface area contributed by atoms with E-state index in [4.69, 9.17) is 4.74 Å². The predicted octanol–water partition coefficient (Wildman–Crippen LogP) is 2.24. The topological polar surface area (TPSA) is 132 Å². The van der Waals surface area contributed by atoms with Gasteiger partial charge in [-0.1, -0.05) is 12.8 Å². The lowest BCUT2D eigenvalue weighted by atomic mass is 9.97. The van der Waals surface area contributed by atoms with Gasteiger partial charge in [0.25, 0.3) is 5.91 Å². The summed E-state index contributed by atoms with van der Waals surface area (Å²) in [5.74, 6) is -7.30. The molecule has 2 aliphatic heterocycles. The smallest absolute Gasteiger partial charge is 0.471 e. The zero-order valence-electron chi connectivity index (χ0n) is 21.7. The molecule has 2 fully saturated rings. The third kappa shape index (κ3) is 5.39. The number of alkyl halides is 3. The molecule has 1 aliphatic carbocycles. The molecular weight excluding hydrogens is 545 g/mol. The lowest BCUT2D eigenvalue weighted by molar-refractivity contribution is -0.176. The highest BCUT2D eigenvalue weighted by Gasteiger charge is 2.57. The highest BCUT2D eigenvalue weighted by Crippen LogP contribution is 2.43. The summed E-state index contributed by atoms with van der Waals surface area (Å²) in [5.41, 5.74) is -4.31. The second kappa shape index (κ2) is 9.90. The number of rotatable bonds is 6. The van der Waals surface area contributed by atoms with Crippen LogP contribution in [0.25, 0.3) is 0 Å². The Balaban J connectivity index is 1.60. The van der Waals surface area contributed by atoms with Crippen LogP contribution < -0.4 is 15.4 Å². The number of hydrogen-bond acceptors (Lipinski definition) is 6. The van der Waals surface area contributed by atoms with E-state index in [1.807, 2.05) is 6.07 Å². The number of ether oxygens (including phenoxy) is 1. The minimum atomic E-state index is -5.24. The molecule has 0 bridgehead atoms. The van der Waals surface area contributed by atoms with Gasteiger partial charge >= 0.3 is 12.1 Å². The second-order valence-electron chi connectivity index (χ2n) is 10.8. The van der Waals surface area contributed by atoms with E-state index >= 15 is 0 Å². The lowest BCUT2D eigenvalue weighted by Gasteiger charge is -2.37. The number of likely N-dealkylation sites (N-methyl/N-ethyl adjacent to an activating group) is 1. The van der Waals surface area contributed by atoms with E-state index in [1.165, 1.54) is 7.05 Å². The van der Waals surface area contributed by atoms with Gasteiger partial charge in [0.05, 0.1) is 12.6 Å². The fraction of sp³-hybridized carbons (Fsp3) is 0.560. The van der Waals surface area contributed by atoms with Crippen molar-refractivity contribution in [1.82, 2.24) is 15.1 Å². The van der Waals surface area contributed by atoms with Crippen LogP contribution in [0.4, 0.5) is 27.6 Å². The van der Waals surface area contributed by atoms with E-state index < -0.39 is 76.9 Å². The van der Waals surface area contributed by atoms with Crippen molar-refractivity contribution < 1.29 is 45.9 Å². The summed E-state index contributed by atoms with van der Waals surface area (Å²) < 4.78 is 72.2. The van der Waals surface area contributed by atoms with E-state index in [0.29, 0.717) is 6.07 Å². The van der Waals surface area contributed by atoms with Gasteiger partial charge in [0, 0.05) is 25.6 Å². The first-order chi connectivity index (χ1) is 18.5. The minimum absolute atomic E-state index is 0.0289. The zero-order valence-corrected chi connectivity index (χ0v) is 21.7. The molecule has 1 aromatic rings. The van der Waals surface area contributed by atoms with Crippen molar-refractivity contribution in [1.29, 1.82) is 5.26 Å². The summed E-state index contributed by atoms with van der Waals surface area (Å²) in [6.45, 7) is 1.63. The van der Waals surface area contributed by atoms with Gasteiger partial charge in [0.2, 0.25) is 17.4 Å². The number of nitrogens with one attached hydrogen (secondary N) is 2. The summed E-state index contributed by atoms with van der Waals surface area (Å²) >= 11 is 0. The molecule has 1 saturated heterocycles. The van der Waals surface area contributed by atoms with E-state index in [0.717, 1.165) is 42.6 Å². The van der Waals surface area contributed by atoms with Crippen molar-refractivity contribution in [3.63, 3.8) is 0 Å². The molecule has 0 radical (unpaired) electrons. The quantitative estimate of drug-likeness (QED) is 0.504. The lowest BCUT2D eigenvalue weighted by Crippen LogP contribution is -2.61. The Morgan fingerprint density at radius 3 is 2.50 bits per heavy atom. The number of carbonyl (C=O) groups excluding carboxylic acids is 4. The van der Waals surface area contributed by atoms with Crippen LogP contribution in [0.2, 0.25) is 0 Å². The number of hydrogen-bond donors (Lipinski definition) is 2. The van der Waals surface area contributed by atoms with E-state index in [9.17, 15) is 46.4 Å². The first-order valence-corrected chi connectivity index (χ1v) is 12.4. The molecule has 4 amide bonds. The molecule has 2 heterocycles. The Hall–Kier alpha value is -3.96. The van der Waals surface area contributed by atoms with Crippen LogP contribution in [0.3, 0.4) is 0 Å². The van der Waals surface area contributed by atoms with Crippen molar-refractivity contribution >= 4 is 29.3 Å². The maximum Gasteiger partial charge on any atom is 0.471 e. The van der Waals surface area contributed by atoms with Crippen LogP contribution in [0, 0.1) is 28.9 Å². The van der Waals surface area contributed by atoms with Gasteiger partial charge in [-0.3, -0.25) is 19.2 Å². The molecule has 1 spiro atoms. The number of carbonyl (C=O) groups is 4. The number of likely N-dealkylation sites (tertiary alicyclic amines) is 1. The molecule has 2 N–H and O–H groups in total. The molecule has 40 heavy (non-hydrogen) atoms. The van der Waals surface area contributed by atoms with Crippen molar-refractivity contribution in [2.45, 2.75) is 68.9 Å². The predicted molar refractivity (Wildman–Crippen MR) is 126 cm³/mol. The van der Waals surface area contributed by atoms with E-state index in [1.54, 1.807) is 5.32 Å². The number of halogens is 5. The van der Waals surface area contributed by atoms with Crippen LogP contribution in [-0.2, 0) is 19.2 Å². The van der Waals surface area contributed by atoms with Gasteiger partial charge in [-0.05, 0) is 26.2 Å². The molecule has 0 aromatic heterocycles. The van der Waals surface area contributed by atoms with E-state index in [-0.39, 0.29) is 24.5 Å². The third-order valence-corrected chi connectivity index (χ3v) is 7.28. The van der Waals surface area contributed by atoms with Crippen LogP contribution >= 0.6 is 0 Å².